The van der Waals surface area contributed by atoms with Gasteiger partial charge >= 0.3 is 6.03 Å². The van der Waals surface area contributed by atoms with Crippen LogP contribution in [0.3, 0.4) is 0 Å². The fourth-order valence-electron chi connectivity index (χ4n) is 2.80. The molecule has 0 spiro atoms. The first-order valence-electron chi connectivity index (χ1n) is 7.91. The number of urea groups is 1. The maximum atomic E-state index is 12.1. The lowest BCUT2D eigenvalue weighted by molar-refractivity contribution is -0.122. The number of ether oxygens (including phenoxy) is 1. The molecular weight excluding hydrogens is 296 g/mol. The molecule has 2 fully saturated rings. The van der Waals surface area contributed by atoms with Crippen molar-refractivity contribution in [2.75, 3.05) is 32.8 Å². The van der Waals surface area contributed by atoms with Gasteiger partial charge in [0.25, 0.3) is 0 Å². The summed E-state index contributed by atoms with van der Waals surface area (Å²) < 4.78 is 5.37. The van der Waals surface area contributed by atoms with E-state index in [0.29, 0.717) is 13.1 Å². The molecule has 0 bridgehead atoms. The van der Waals surface area contributed by atoms with E-state index in [1.165, 1.54) is 5.56 Å². The minimum atomic E-state index is -0.492. The van der Waals surface area contributed by atoms with E-state index in [0.717, 1.165) is 38.4 Å². The van der Waals surface area contributed by atoms with Crippen molar-refractivity contribution >= 4 is 11.9 Å². The Hall–Kier alpha value is -2.12. The van der Waals surface area contributed by atoms with Crippen LogP contribution in [0.1, 0.15) is 11.1 Å². The van der Waals surface area contributed by atoms with Crippen molar-refractivity contribution < 1.29 is 14.3 Å². The van der Waals surface area contributed by atoms with Crippen LogP contribution in [-0.2, 0) is 22.6 Å². The summed E-state index contributed by atoms with van der Waals surface area (Å²) in [7, 11) is 0. The Kier molecular flexibility index (Phi) is 5.09. The summed E-state index contributed by atoms with van der Waals surface area (Å²) in [5, 5.41) is 8.07. The third-order valence-corrected chi connectivity index (χ3v) is 4.16. The number of nitrogens with zero attached hydrogens (tertiary/aromatic N) is 1. The van der Waals surface area contributed by atoms with Gasteiger partial charge in [-0.3, -0.25) is 9.69 Å². The monoisotopic (exact) mass is 318 g/mol. The molecule has 3 N–H and O–H groups in total. The number of carbonyl (C=O) groups is 2. The second-order valence-electron chi connectivity index (χ2n) is 5.78. The Balaban J connectivity index is 1.56. The molecule has 1 aromatic rings. The average molecular weight is 318 g/mol. The largest absolute Gasteiger partial charge is 0.379 e. The van der Waals surface area contributed by atoms with Crippen molar-refractivity contribution in [2.45, 2.75) is 19.1 Å². The number of morpholine rings is 1. The van der Waals surface area contributed by atoms with Crippen molar-refractivity contribution in [3.63, 3.8) is 0 Å². The number of amides is 3. The zero-order valence-corrected chi connectivity index (χ0v) is 13.0. The SMILES string of the molecule is O=C1NC[C@@H](C(=O)NCc2ccccc2CN2CCOCC2)N1. The summed E-state index contributed by atoms with van der Waals surface area (Å²) in [6, 6.07) is 7.33. The fourth-order valence-corrected chi connectivity index (χ4v) is 2.80. The molecule has 3 amide bonds. The van der Waals surface area contributed by atoms with Gasteiger partial charge in [-0.1, -0.05) is 24.3 Å². The van der Waals surface area contributed by atoms with Gasteiger partial charge in [0, 0.05) is 32.7 Å². The first-order chi connectivity index (χ1) is 11.2. The number of nitrogens with one attached hydrogen (secondary N) is 3. The average Bonchev–Trinajstić information content (AvgIpc) is 3.01. The summed E-state index contributed by atoms with van der Waals surface area (Å²) in [5.41, 5.74) is 2.31. The highest BCUT2D eigenvalue weighted by Gasteiger charge is 2.26. The fraction of sp³-hybridized carbons (Fsp3) is 0.500. The molecule has 124 valence electrons. The molecule has 0 saturated carbocycles. The van der Waals surface area contributed by atoms with Gasteiger partial charge in [0.1, 0.15) is 6.04 Å². The van der Waals surface area contributed by atoms with Crippen LogP contribution in [0.25, 0.3) is 0 Å². The second kappa shape index (κ2) is 7.43. The van der Waals surface area contributed by atoms with Gasteiger partial charge < -0.3 is 20.7 Å². The Morgan fingerprint density at radius 1 is 1.26 bits per heavy atom. The van der Waals surface area contributed by atoms with E-state index in [2.05, 4.69) is 26.9 Å². The quantitative estimate of drug-likeness (QED) is 0.703. The smallest absolute Gasteiger partial charge is 0.315 e. The van der Waals surface area contributed by atoms with E-state index in [4.69, 9.17) is 4.74 Å². The van der Waals surface area contributed by atoms with Crippen LogP contribution in [0.5, 0.6) is 0 Å². The zero-order chi connectivity index (χ0) is 16.1. The standard InChI is InChI=1S/C16H22N4O3/c21-15(14-10-18-16(22)19-14)17-9-12-3-1-2-4-13(12)11-20-5-7-23-8-6-20/h1-4,14H,5-11H2,(H,17,21)(H2,18,19,22)/t14-/m0/s1. The second-order valence-corrected chi connectivity index (χ2v) is 5.78. The molecule has 2 heterocycles. The van der Waals surface area contributed by atoms with E-state index >= 15 is 0 Å². The molecule has 1 atom stereocenters. The number of rotatable bonds is 5. The van der Waals surface area contributed by atoms with Crippen LogP contribution in [0, 0.1) is 0 Å². The number of carbonyl (C=O) groups excluding carboxylic acids is 2. The lowest BCUT2D eigenvalue weighted by Gasteiger charge is -2.27. The lowest BCUT2D eigenvalue weighted by atomic mass is 10.1. The van der Waals surface area contributed by atoms with Gasteiger partial charge in [-0.25, -0.2) is 4.79 Å². The molecule has 0 aliphatic carbocycles. The zero-order valence-electron chi connectivity index (χ0n) is 13.0. The topological polar surface area (TPSA) is 82.7 Å². The molecule has 3 rings (SSSR count). The van der Waals surface area contributed by atoms with Crippen LogP contribution in [0.4, 0.5) is 4.79 Å². The van der Waals surface area contributed by atoms with E-state index in [1.54, 1.807) is 0 Å². The molecule has 2 aliphatic rings. The molecule has 2 aliphatic heterocycles. The summed E-state index contributed by atoms with van der Waals surface area (Å²) >= 11 is 0. The molecule has 0 aromatic heterocycles. The summed E-state index contributed by atoms with van der Waals surface area (Å²) in [6.45, 7) is 5.06. The van der Waals surface area contributed by atoms with Gasteiger partial charge in [-0.2, -0.15) is 0 Å². The highest BCUT2D eigenvalue weighted by molar-refractivity contribution is 5.90. The van der Waals surface area contributed by atoms with E-state index < -0.39 is 6.04 Å². The molecule has 1 aromatic carbocycles. The maximum absolute atomic E-state index is 12.1. The van der Waals surface area contributed by atoms with Crippen molar-refractivity contribution in [3.05, 3.63) is 35.4 Å². The number of benzene rings is 1. The molecule has 23 heavy (non-hydrogen) atoms. The highest BCUT2D eigenvalue weighted by Crippen LogP contribution is 2.13. The minimum Gasteiger partial charge on any atom is -0.379 e. The van der Waals surface area contributed by atoms with Crippen molar-refractivity contribution in [2.24, 2.45) is 0 Å². The van der Waals surface area contributed by atoms with Crippen LogP contribution in [-0.4, -0.2) is 55.7 Å². The van der Waals surface area contributed by atoms with Gasteiger partial charge in [-0.05, 0) is 11.1 Å². The first-order valence-corrected chi connectivity index (χ1v) is 7.91. The van der Waals surface area contributed by atoms with Crippen LogP contribution in [0.15, 0.2) is 24.3 Å². The Labute approximate surface area is 135 Å². The third-order valence-electron chi connectivity index (χ3n) is 4.16. The summed E-state index contributed by atoms with van der Waals surface area (Å²) in [4.78, 5) is 25.5. The van der Waals surface area contributed by atoms with Gasteiger partial charge in [-0.15, -0.1) is 0 Å². The van der Waals surface area contributed by atoms with Crippen LogP contribution in [0.2, 0.25) is 0 Å². The van der Waals surface area contributed by atoms with Gasteiger partial charge in [0.05, 0.1) is 13.2 Å². The normalized spacial score (nSPS) is 21.6. The highest BCUT2D eigenvalue weighted by atomic mass is 16.5. The molecule has 2 saturated heterocycles. The molecule has 0 unspecified atom stereocenters. The summed E-state index contributed by atoms with van der Waals surface area (Å²) in [5.74, 6) is -0.162. The van der Waals surface area contributed by atoms with Crippen LogP contribution < -0.4 is 16.0 Å². The van der Waals surface area contributed by atoms with Gasteiger partial charge in [0.15, 0.2) is 0 Å². The molecule has 7 nitrogen and oxygen atoms in total. The predicted octanol–water partition coefficient (Wildman–Crippen LogP) is -0.184. The van der Waals surface area contributed by atoms with Crippen molar-refractivity contribution in [1.29, 1.82) is 0 Å². The van der Waals surface area contributed by atoms with Crippen molar-refractivity contribution in [1.82, 2.24) is 20.9 Å². The van der Waals surface area contributed by atoms with E-state index in [1.807, 2.05) is 18.2 Å². The Morgan fingerprint density at radius 2 is 2.00 bits per heavy atom. The minimum absolute atomic E-state index is 0.162. The summed E-state index contributed by atoms with van der Waals surface area (Å²) in [6.07, 6.45) is 0. The Bertz CT molecular complexity index is 572. The van der Waals surface area contributed by atoms with E-state index in [9.17, 15) is 9.59 Å². The van der Waals surface area contributed by atoms with E-state index in [-0.39, 0.29) is 11.9 Å². The number of hydrogen-bond acceptors (Lipinski definition) is 4. The number of hydrogen-bond donors (Lipinski definition) is 3. The maximum Gasteiger partial charge on any atom is 0.315 e. The lowest BCUT2D eigenvalue weighted by Crippen LogP contribution is -2.42. The molecule has 7 heteroatoms. The van der Waals surface area contributed by atoms with Gasteiger partial charge in [0.2, 0.25) is 5.91 Å². The third kappa shape index (κ3) is 4.20. The first kappa shape index (κ1) is 15.8. The predicted molar refractivity (Wildman–Crippen MR) is 84.7 cm³/mol. The molecule has 0 radical (unpaired) electrons. The Morgan fingerprint density at radius 3 is 2.70 bits per heavy atom. The van der Waals surface area contributed by atoms with Crippen LogP contribution >= 0.6 is 0 Å². The molecular formula is C16H22N4O3. The van der Waals surface area contributed by atoms with Crippen molar-refractivity contribution in [3.8, 4) is 0 Å².